The van der Waals surface area contributed by atoms with E-state index < -0.39 is 0 Å². The van der Waals surface area contributed by atoms with Crippen LogP contribution in [0.3, 0.4) is 0 Å². The molecular weight excluding hydrogens is 260 g/mol. The predicted octanol–water partition coefficient (Wildman–Crippen LogP) is 5.60. The summed E-state index contributed by atoms with van der Waals surface area (Å²) in [7, 11) is 0. The zero-order valence-corrected chi connectivity index (χ0v) is 14.4. The summed E-state index contributed by atoms with van der Waals surface area (Å²) < 4.78 is 4.89. The quantitative estimate of drug-likeness (QED) is 0.226. The molecule has 21 heavy (non-hydrogen) atoms. The van der Waals surface area contributed by atoms with Crippen molar-refractivity contribution in [3.8, 4) is 0 Å². The van der Waals surface area contributed by atoms with Crippen molar-refractivity contribution in [2.24, 2.45) is 5.92 Å². The molecule has 0 aromatic carbocycles. The Labute approximate surface area is 131 Å². The average molecular weight is 292 g/mol. The number of carbonyl (C=O) groups excluding carboxylic acids is 1. The Bertz CT molecular complexity index is 375. The molecule has 0 saturated carbocycles. The monoisotopic (exact) mass is 292 g/mol. The molecule has 0 aromatic heterocycles. The van der Waals surface area contributed by atoms with Crippen LogP contribution >= 0.6 is 0 Å². The summed E-state index contributed by atoms with van der Waals surface area (Å²) in [6.07, 6.45) is 13.9. The van der Waals surface area contributed by atoms with E-state index in [1.54, 1.807) is 6.08 Å². The molecular formula is C19H32O2. The van der Waals surface area contributed by atoms with Crippen LogP contribution in [-0.4, -0.2) is 12.6 Å². The standard InChI is InChI=1S/C19H32O2/c1-6-16(4)11-9-13-18(7-2)14-10-12-17(5)15-19(20)21-8-3/h10-12,15,18H,6-9,13-14H2,1-5H3/b12-10+,16-11+,17-15+. The number of rotatable bonds is 10. The van der Waals surface area contributed by atoms with E-state index in [-0.39, 0.29) is 5.97 Å². The molecule has 0 aliphatic rings. The van der Waals surface area contributed by atoms with Crippen LogP contribution < -0.4 is 0 Å². The van der Waals surface area contributed by atoms with Gasteiger partial charge in [-0.05, 0) is 57.9 Å². The van der Waals surface area contributed by atoms with Crippen molar-refractivity contribution in [3.05, 3.63) is 35.5 Å². The smallest absolute Gasteiger partial charge is 0.330 e. The molecule has 0 fully saturated rings. The van der Waals surface area contributed by atoms with E-state index in [1.165, 1.54) is 24.8 Å². The topological polar surface area (TPSA) is 26.3 Å². The lowest BCUT2D eigenvalue weighted by atomic mass is 9.95. The van der Waals surface area contributed by atoms with Gasteiger partial charge in [-0.1, -0.05) is 44.1 Å². The maximum Gasteiger partial charge on any atom is 0.330 e. The van der Waals surface area contributed by atoms with Crippen molar-refractivity contribution in [2.75, 3.05) is 6.61 Å². The molecule has 0 radical (unpaired) electrons. The van der Waals surface area contributed by atoms with Gasteiger partial charge in [-0.2, -0.15) is 0 Å². The zero-order chi connectivity index (χ0) is 16.1. The van der Waals surface area contributed by atoms with Crippen LogP contribution in [0.1, 0.15) is 66.7 Å². The van der Waals surface area contributed by atoms with Crippen molar-refractivity contribution < 1.29 is 9.53 Å². The number of allylic oxidation sites excluding steroid dienone is 5. The van der Waals surface area contributed by atoms with Crippen LogP contribution in [0.2, 0.25) is 0 Å². The molecule has 0 bridgehead atoms. The van der Waals surface area contributed by atoms with Crippen LogP contribution in [0, 0.1) is 5.92 Å². The number of hydrogen-bond donors (Lipinski definition) is 0. The highest BCUT2D eigenvalue weighted by Crippen LogP contribution is 2.18. The van der Waals surface area contributed by atoms with Gasteiger partial charge in [0.15, 0.2) is 0 Å². The molecule has 0 spiro atoms. The van der Waals surface area contributed by atoms with Crippen LogP contribution in [0.5, 0.6) is 0 Å². The summed E-state index contributed by atoms with van der Waals surface area (Å²) in [6.45, 7) is 10.8. The molecule has 0 rings (SSSR count). The van der Waals surface area contributed by atoms with Gasteiger partial charge in [0.2, 0.25) is 0 Å². The lowest BCUT2D eigenvalue weighted by Crippen LogP contribution is -2.00. The van der Waals surface area contributed by atoms with Gasteiger partial charge in [-0.3, -0.25) is 0 Å². The molecule has 0 amide bonds. The third-order valence-corrected chi connectivity index (χ3v) is 3.69. The molecule has 0 aliphatic heterocycles. The van der Waals surface area contributed by atoms with Crippen molar-refractivity contribution in [1.29, 1.82) is 0 Å². The minimum Gasteiger partial charge on any atom is -0.463 e. The molecule has 120 valence electrons. The second-order valence-electron chi connectivity index (χ2n) is 5.53. The third kappa shape index (κ3) is 11.1. The first-order chi connectivity index (χ1) is 10.0. The Morgan fingerprint density at radius 3 is 2.48 bits per heavy atom. The van der Waals surface area contributed by atoms with Crippen molar-refractivity contribution in [1.82, 2.24) is 0 Å². The number of ether oxygens (including phenoxy) is 1. The van der Waals surface area contributed by atoms with E-state index in [1.807, 2.05) is 19.9 Å². The van der Waals surface area contributed by atoms with Gasteiger partial charge >= 0.3 is 5.97 Å². The second kappa shape index (κ2) is 12.4. The van der Waals surface area contributed by atoms with E-state index in [2.05, 4.69) is 32.9 Å². The highest BCUT2D eigenvalue weighted by atomic mass is 16.5. The van der Waals surface area contributed by atoms with E-state index in [0.717, 1.165) is 24.3 Å². The van der Waals surface area contributed by atoms with Gasteiger partial charge in [0.05, 0.1) is 6.61 Å². The van der Waals surface area contributed by atoms with Crippen LogP contribution in [0.15, 0.2) is 35.5 Å². The van der Waals surface area contributed by atoms with Crippen molar-refractivity contribution in [3.63, 3.8) is 0 Å². The summed E-state index contributed by atoms with van der Waals surface area (Å²) in [6, 6.07) is 0. The fourth-order valence-corrected chi connectivity index (χ4v) is 2.06. The first kappa shape index (κ1) is 19.7. The highest BCUT2D eigenvalue weighted by molar-refractivity contribution is 5.83. The first-order valence-electron chi connectivity index (χ1n) is 8.20. The molecule has 0 heterocycles. The molecule has 2 nitrogen and oxygen atoms in total. The van der Waals surface area contributed by atoms with Gasteiger partial charge in [0, 0.05) is 6.08 Å². The van der Waals surface area contributed by atoms with Gasteiger partial charge in [0.1, 0.15) is 0 Å². The van der Waals surface area contributed by atoms with Gasteiger partial charge in [-0.15, -0.1) is 0 Å². The third-order valence-electron chi connectivity index (χ3n) is 3.69. The minimum absolute atomic E-state index is 0.258. The van der Waals surface area contributed by atoms with Crippen LogP contribution in [0.4, 0.5) is 0 Å². The summed E-state index contributed by atoms with van der Waals surface area (Å²) in [5.41, 5.74) is 2.43. The maximum absolute atomic E-state index is 11.3. The van der Waals surface area contributed by atoms with Crippen molar-refractivity contribution in [2.45, 2.75) is 66.7 Å². The summed E-state index contributed by atoms with van der Waals surface area (Å²) in [4.78, 5) is 11.3. The molecule has 2 heteroatoms. The van der Waals surface area contributed by atoms with E-state index in [4.69, 9.17) is 4.74 Å². The fourth-order valence-electron chi connectivity index (χ4n) is 2.06. The summed E-state index contributed by atoms with van der Waals surface area (Å²) in [5, 5.41) is 0. The average Bonchev–Trinajstić information content (AvgIpc) is 2.45. The molecule has 0 aliphatic carbocycles. The molecule has 1 unspecified atom stereocenters. The minimum atomic E-state index is -0.258. The lowest BCUT2D eigenvalue weighted by molar-refractivity contribution is -0.137. The Morgan fingerprint density at radius 1 is 1.19 bits per heavy atom. The van der Waals surface area contributed by atoms with E-state index in [0.29, 0.717) is 6.61 Å². The molecule has 0 saturated heterocycles. The number of carbonyl (C=O) groups is 1. The Kier molecular flexibility index (Phi) is 11.7. The largest absolute Gasteiger partial charge is 0.463 e. The Morgan fingerprint density at radius 2 is 1.90 bits per heavy atom. The fraction of sp³-hybridized carbons (Fsp3) is 0.632. The van der Waals surface area contributed by atoms with Crippen molar-refractivity contribution >= 4 is 5.97 Å². The zero-order valence-electron chi connectivity index (χ0n) is 14.4. The van der Waals surface area contributed by atoms with Gasteiger partial charge in [-0.25, -0.2) is 4.79 Å². The van der Waals surface area contributed by atoms with Crippen LogP contribution in [0.25, 0.3) is 0 Å². The van der Waals surface area contributed by atoms with Crippen LogP contribution in [-0.2, 0) is 9.53 Å². The SMILES string of the molecule is CCOC(=O)/C=C(C)/C=C/CC(CC)CC/C=C(\C)CC. The molecule has 0 aromatic rings. The predicted molar refractivity (Wildman–Crippen MR) is 91.2 cm³/mol. The van der Waals surface area contributed by atoms with E-state index in [9.17, 15) is 4.79 Å². The first-order valence-corrected chi connectivity index (χ1v) is 8.20. The Balaban J connectivity index is 4.20. The van der Waals surface area contributed by atoms with Gasteiger partial charge < -0.3 is 4.74 Å². The summed E-state index contributed by atoms with van der Waals surface area (Å²) >= 11 is 0. The number of hydrogen-bond acceptors (Lipinski definition) is 2. The lowest BCUT2D eigenvalue weighted by Gasteiger charge is -2.11. The normalized spacial score (nSPS) is 14.5. The highest BCUT2D eigenvalue weighted by Gasteiger charge is 2.03. The summed E-state index contributed by atoms with van der Waals surface area (Å²) in [5.74, 6) is 0.462. The molecule has 1 atom stereocenters. The maximum atomic E-state index is 11.3. The number of esters is 1. The second-order valence-corrected chi connectivity index (χ2v) is 5.53. The Hall–Kier alpha value is -1.31. The molecule has 0 N–H and O–H groups in total. The van der Waals surface area contributed by atoms with Gasteiger partial charge in [0.25, 0.3) is 0 Å². The van der Waals surface area contributed by atoms with E-state index >= 15 is 0 Å².